The van der Waals surface area contributed by atoms with Crippen LogP contribution in [-0.4, -0.2) is 29.0 Å². The molecule has 0 bridgehead atoms. The Hall–Kier alpha value is -2.31. The van der Waals surface area contributed by atoms with Crippen molar-refractivity contribution < 1.29 is 13.7 Å². The van der Waals surface area contributed by atoms with E-state index in [2.05, 4.69) is 40.5 Å². The predicted molar refractivity (Wildman–Crippen MR) is 143 cm³/mol. The topological polar surface area (TPSA) is 59.0 Å². The van der Waals surface area contributed by atoms with E-state index in [1.54, 1.807) is 0 Å². The molecule has 3 aliphatic heterocycles. The number of fused-ring (bicyclic) bond motifs is 1. The number of nitrogens with zero attached hydrogens (tertiary/aromatic N) is 2. The van der Waals surface area contributed by atoms with Crippen LogP contribution in [0, 0.1) is 5.92 Å². The van der Waals surface area contributed by atoms with Gasteiger partial charge in [-0.05, 0) is 85.4 Å². The van der Waals surface area contributed by atoms with Crippen molar-refractivity contribution in [3.8, 4) is 5.75 Å². The summed E-state index contributed by atoms with van der Waals surface area (Å²) >= 11 is 6.35. The Morgan fingerprint density at radius 3 is 2.91 bits per heavy atom. The Balaban J connectivity index is 1.70. The molecule has 0 saturated carbocycles. The number of amides is 1. The smallest absolute Gasteiger partial charge is 0.285 e. The molecule has 0 aliphatic carbocycles. The third-order valence-electron chi connectivity index (χ3n) is 7.25. The zero-order chi connectivity index (χ0) is 24.4. The minimum atomic E-state index is -1.93. The molecule has 3 atom stereocenters. The molecule has 3 heterocycles. The van der Waals surface area contributed by atoms with Gasteiger partial charge in [-0.1, -0.05) is 36.7 Å². The van der Waals surface area contributed by atoms with Crippen molar-refractivity contribution in [3.05, 3.63) is 69.8 Å². The standard InChI is InChI=1S/C28H33ClN2O3S/c1-19-6-4-8-20-9-5-14-31-17-22-10-11-23(29)16-21(22)7-2-3-15-34-25-13-12-24(26(20)27(25)31)28(32)30-35(33)18-19/h4,8,10-13,16,19-20,35H,2-3,5-7,9,14-15,17-18H2,1H3/b8-4+/t19-,20-/m0/s1. The molecule has 35 heavy (non-hydrogen) atoms. The van der Waals surface area contributed by atoms with Gasteiger partial charge in [0, 0.05) is 45.9 Å². The monoisotopic (exact) mass is 512 g/mol. The van der Waals surface area contributed by atoms with Crippen LogP contribution in [0.15, 0.2) is 46.8 Å². The Bertz CT molecular complexity index is 1230. The molecule has 2 aromatic carbocycles. The van der Waals surface area contributed by atoms with Crippen molar-refractivity contribution in [2.75, 3.05) is 23.8 Å². The number of halogens is 1. The lowest BCUT2D eigenvalue weighted by Gasteiger charge is -2.29. The van der Waals surface area contributed by atoms with Crippen LogP contribution in [0.3, 0.4) is 0 Å². The number of rotatable bonds is 0. The first kappa shape index (κ1) is 24.4. The van der Waals surface area contributed by atoms with Crippen molar-refractivity contribution in [3.63, 3.8) is 0 Å². The van der Waals surface area contributed by atoms with Gasteiger partial charge in [0.15, 0.2) is 0 Å². The van der Waals surface area contributed by atoms with Crippen LogP contribution >= 0.6 is 11.6 Å². The van der Waals surface area contributed by atoms with Crippen molar-refractivity contribution in [1.82, 2.24) is 0 Å². The maximum atomic E-state index is 13.3. The van der Waals surface area contributed by atoms with Gasteiger partial charge >= 0.3 is 0 Å². The van der Waals surface area contributed by atoms with E-state index in [1.165, 1.54) is 11.1 Å². The molecule has 0 fully saturated rings. The summed E-state index contributed by atoms with van der Waals surface area (Å²) in [6, 6.07) is 9.94. The molecule has 1 amide bonds. The van der Waals surface area contributed by atoms with Gasteiger partial charge in [-0.3, -0.25) is 9.00 Å². The van der Waals surface area contributed by atoms with Crippen LogP contribution in [0.4, 0.5) is 5.69 Å². The number of allylic oxidation sites excluding steroid dienone is 2. The van der Waals surface area contributed by atoms with Crippen LogP contribution in [-0.2, 0) is 23.6 Å². The average molecular weight is 513 g/mol. The van der Waals surface area contributed by atoms with Gasteiger partial charge in [-0.2, -0.15) is 4.36 Å². The van der Waals surface area contributed by atoms with Gasteiger partial charge in [-0.15, -0.1) is 0 Å². The highest BCUT2D eigenvalue weighted by molar-refractivity contribution is 7.75. The predicted octanol–water partition coefficient (Wildman–Crippen LogP) is 6.34. The van der Waals surface area contributed by atoms with E-state index >= 15 is 0 Å². The van der Waals surface area contributed by atoms with E-state index in [9.17, 15) is 9.00 Å². The molecule has 3 aliphatic rings. The molecular formula is C28H33ClN2O3S. The number of thiol groups is 1. The number of ether oxygens (including phenoxy) is 1. The molecule has 5 nitrogen and oxygen atoms in total. The van der Waals surface area contributed by atoms with E-state index in [0.717, 1.165) is 73.6 Å². The Labute approximate surface area is 214 Å². The van der Waals surface area contributed by atoms with E-state index in [-0.39, 0.29) is 17.7 Å². The van der Waals surface area contributed by atoms with Gasteiger partial charge in [0.05, 0.1) is 12.3 Å². The summed E-state index contributed by atoms with van der Waals surface area (Å²) in [6.45, 7) is 4.29. The molecule has 0 N–H and O–H groups in total. The van der Waals surface area contributed by atoms with E-state index < -0.39 is 10.6 Å². The van der Waals surface area contributed by atoms with Gasteiger partial charge in [0.1, 0.15) is 5.75 Å². The summed E-state index contributed by atoms with van der Waals surface area (Å²) in [5.41, 5.74) is 5.06. The van der Waals surface area contributed by atoms with Gasteiger partial charge < -0.3 is 9.64 Å². The number of aryl methyl sites for hydroxylation is 1. The van der Waals surface area contributed by atoms with Crippen molar-refractivity contribution in [2.24, 2.45) is 10.3 Å². The molecule has 0 saturated heterocycles. The third kappa shape index (κ3) is 5.44. The maximum absolute atomic E-state index is 13.3. The third-order valence-corrected chi connectivity index (χ3v) is 8.82. The SMILES string of the molecule is C[C@H]1C/C=C/[C@H]2CCCN3Cc4ccc(Cl)cc4CCCCOc4ccc(c2c43)C(=O)/N=[SH](=O)\C1. The van der Waals surface area contributed by atoms with Crippen LogP contribution in [0.1, 0.15) is 72.0 Å². The fraction of sp³-hybridized carbons (Fsp3) is 0.464. The van der Waals surface area contributed by atoms with Crippen molar-refractivity contribution in [1.29, 1.82) is 0 Å². The van der Waals surface area contributed by atoms with Gasteiger partial charge in [-0.25, -0.2) is 0 Å². The minimum absolute atomic E-state index is 0.0886. The minimum Gasteiger partial charge on any atom is -0.491 e. The van der Waals surface area contributed by atoms with Crippen LogP contribution in [0.2, 0.25) is 5.02 Å². The molecule has 1 unspecified atom stereocenters. The molecule has 0 radical (unpaired) electrons. The Kier molecular flexibility index (Phi) is 7.49. The number of hydrogen-bond acceptors (Lipinski definition) is 4. The van der Waals surface area contributed by atoms with Crippen LogP contribution < -0.4 is 9.64 Å². The highest BCUT2D eigenvalue weighted by Crippen LogP contribution is 2.45. The lowest BCUT2D eigenvalue weighted by atomic mass is 9.88. The van der Waals surface area contributed by atoms with E-state index in [4.69, 9.17) is 16.3 Å². The zero-order valence-corrected chi connectivity index (χ0v) is 21.9. The lowest BCUT2D eigenvalue weighted by molar-refractivity contribution is 0.100. The summed E-state index contributed by atoms with van der Waals surface area (Å²) < 4.78 is 23.1. The molecular weight excluding hydrogens is 480 g/mol. The van der Waals surface area contributed by atoms with Gasteiger partial charge in [0.25, 0.3) is 5.91 Å². The van der Waals surface area contributed by atoms with Crippen LogP contribution in [0.5, 0.6) is 5.75 Å². The molecule has 186 valence electrons. The first-order valence-corrected chi connectivity index (χ1v) is 14.5. The quantitative estimate of drug-likeness (QED) is 0.330. The number of benzene rings is 2. The lowest BCUT2D eigenvalue weighted by Crippen LogP contribution is -2.25. The number of hydrogen-bond donors (Lipinski definition) is 1. The van der Waals surface area contributed by atoms with Gasteiger partial charge in [0.2, 0.25) is 0 Å². The van der Waals surface area contributed by atoms with Crippen molar-refractivity contribution in [2.45, 2.75) is 57.9 Å². The number of carbonyl (C=O) groups is 1. The molecule has 5 rings (SSSR count). The largest absolute Gasteiger partial charge is 0.491 e. The first-order chi connectivity index (χ1) is 17.0. The van der Waals surface area contributed by atoms with Crippen LogP contribution in [0.25, 0.3) is 0 Å². The first-order valence-electron chi connectivity index (χ1n) is 12.7. The highest BCUT2D eigenvalue weighted by atomic mass is 35.5. The molecule has 2 aromatic rings. The zero-order valence-electron chi connectivity index (χ0n) is 20.2. The molecule has 7 heteroatoms. The normalized spacial score (nSPS) is 26.4. The second-order valence-electron chi connectivity index (χ2n) is 9.97. The summed E-state index contributed by atoms with van der Waals surface area (Å²) in [5, 5.41) is 0.764. The fourth-order valence-corrected chi connectivity index (χ4v) is 6.77. The number of anilines is 1. The molecule has 0 spiro atoms. The Morgan fingerprint density at radius 2 is 2.03 bits per heavy atom. The second kappa shape index (κ2) is 10.8. The number of carbonyl (C=O) groups excluding carboxylic acids is 1. The summed E-state index contributed by atoms with van der Waals surface area (Å²) in [6.07, 6.45) is 10.2. The summed E-state index contributed by atoms with van der Waals surface area (Å²) in [5.74, 6) is 1.19. The summed E-state index contributed by atoms with van der Waals surface area (Å²) in [4.78, 5) is 15.7. The summed E-state index contributed by atoms with van der Waals surface area (Å²) in [7, 11) is -1.93. The maximum Gasteiger partial charge on any atom is 0.285 e. The van der Waals surface area contributed by atoms with E-state index in [1.807, 2.05) is 18.2 Å². The second-order valence-corrected chi connectivity index (χ2v) is 11.7. The highest BCUT2D eigenvalue weighted by Gasteiger charge is 2.31. The average Bonchev–Trinajstić information content (AvgIpc) is 3.01. The van der Waals surface area contributed by atoms with E-state index in [0.29, 0.717) is 17.9 Å². The Morgan fingerprint density at radius 1 is 1.14 bits per heavy atom. The fourth-order valence-electron chi connectivity index (χ4n) is 5.50. The van der Waals surface area contributed by atoms with Crippen molar-refractivity contribution >= 4 is 33.8 Å². The molecule has 0 aromatic heterocycles.